The second-order valence-corrected chi connectivity index (χ2v) is 6.29. The number of nitrogens with one attached hydrogen (secondary N) is 1. The third-order valence-electron chi connectivity index (χ3n) is 3.13. The number of fused-ring (bicyclic) bond motifs is 2. The van der Waals surface area contributed by atoms with Gasteiger partial charge >= 0.3 is 0 Å². The van der Waals surface area contributed by atoms with Crippen molar-refractivity contribution in [2.75, 3.05) is 6.54 Å². The fourth-order valence-electron chi connectivity index (χ4n) is 2.24. The largest absolute Gasteiger partial charge is 0.348 e. The van der Waals surface area contributed by atoms with Gasteiger partial charge in [0.15, 0.2) is 0 Å². The van der Waals surface area contributed by atoms with Crippen LogP contribution in [0.4, 0.5) is 0 Å². The lowest BCUT2D eigenvalue weighted by molar-refractivity contribution is 0.911. The normalized spacial score (nSPS) is 14.5. The number of aromatic amines is 1. The number of aliphatic imine (C=N–C) groups is 1. The van der Waals surface area contributed by atoms with E-state index in [-0.39, 0.29) is 0 Å². The molecule has 4 nitrogen and oxygen atoms in total. The highest BCUT2D eigenvalue weighted by Crippen LogP contribution is 2.28. The van der Waals surface area contributed by atoms with Gasteiger partial charge in [-0.15, -0.1) is 11.3 Å². The predicted molar refractivity (Wildman–Crippen MR) is 80.1 cm³/mol. The minimum atomic E-state index is 0.796. The molecular formula is C13H9BrN4S. The van der Waals surface area contributed by atoms with E-state index in [4.69, 9.17) is 0 Å². The molecule has 0 spiro atoms. The maximum Gasteiger partial charge on any atom is 0.144 e. The Morgan fingerprint density at radius 1 is 1.32 bits per heavy atom. The maximum absolute atomic E-state index is 4.67. The molecule has 3 heterocycles. The first kappa shape index (κ1) is 11.3. The van der Waals surface area contributed by atoms with E-state index in [0.717, 1.165) is 49.8 Å². The lowest BCUT2D eigenvalue weighted by Crippen LogP contribution is -2.13. The van der Waals surface area contributed by atoms with Crippen LogP contribution in [-0.2, 0) is 6.42 Å². The third-order valence-corrected chi connectivity index (χ3v) is 4.65. The molecule has 94 valence electrons. The molecule has 0 saturated carbocycles. The van der Waals surface area contributed by atoms with Crippen LogP contribution in [-0.4, -0.2) is 27.2 Å². The van der Waals surface area contributed by atoms with E-state index in [0.29, 0.717) is 0 Å². The van der Waals surface area contributed by atoms with Crippen molar-refractivity contribution in [3.8, 4) is 0 Å². The van der Waals surface area contributed by atoms with Crippen LogP contribution >= 0.6 is 27.3 Å². The summed E-state index contributed by atoms with van der Waals surface area (Å²) < 4.78 is 2.23. The van der Waals surface area contributed by atoms with Gasteiger partial charge in [0.25, 0.3) is 0 Å². The van der Waals surface area contributed by atoms with Gasteiger partial charge in [0.05, 0.1) is 16.5 Å². The Bertz CT molecular complexity index is 802. The lowest BCUT2D eigenvalue weighted by Gasteiger charge is -2.08. The summed E-state index contributed by atoms with van der Waals surface area (Å²) in [6.07, 6.45) is 2.66. The van der Waals surface area contributed by atoms with Crippen molar-refractivity contribution in [2.24, 2.45) is 4.99 Å². The van der Waals surface area contributed by atoms with E-state index in [2.05, 4.69) is 41.9 Å². The molecule has 0 atom stereocenters. The summed E-state index contributed by atoms with van der Waals surface area (Å²) in [7, 11) is 0. The van der Waals surface area contributed by atoms with Gasteiger partial charge in [-0.1, -0.05) is 15.9 Å². The molecule has 0 radical (unpaired) electrons. The van der Waals surface area contributed by atoms with Crippen molar-refractivity contribution >= 4 is 43.2 Å². The van der Waals surface area contributed by atoms with Crippen molar-refractivity contribution in [3.05, 3.63) is 45.4 Å². The van der Waals surface area contributed by atoms with E-state index in [1.54, 1.807) is 17.7 Å². The molecule has 6 heteroatoms. The summed E-state index contributed by atoms with van der Waals surface area (Å²) >= 11 is 5.15. The number of aromatic nitrogens is 3. The minimum Gasteiger partial charge on any atom is -0.348 e. The molecule has 4 rings (SSSR count). The molecule has 1 N–H and O–H groups in total. The van der Waals surface area contributed by atoms with Gasteiger partial charge in [-0.25, -0.2) is 9.97 Å². The number of thiazole rings is 1. The summed E-state index contributed by atoms with van der Waals surface area (Å²) in [5.74, 6) is 0. The summed E-state index contributed by atoms with van der Waals surface area (Å²) in [4.78, 5) is 16.8. The molecule has 3 aromatic rings. The smallest absolute Gasteiger partial charge is 0.144 e. The zero-order valence-corrected chi connectivity index (χ0v) is 12.3. The first-order chi connectivity index (χ1) is 9.31. The molecule has 1 aromatic carbocycles. The molecule has 19 heavy (non-hydrogen) atoms. The summed E-state index contributed by atoms with van der Waals surface area (Å²) in [5, 5.41) is 0.946. The fourth-order valence-corrected chi connectivity index (χ4v) is 3.77. The molecule has 0 fully saturated rings. The van der Waals surface area contributed by atoms with Crippen LogP contribution in [0.5, 0.6) is 0 Å². The van der Waals surface area contributed by atoms with Gasteiger partial charge < -0.3 is 4.98 Å². The number of nitrogens with zero attached hydrogens (tertiary/aromatic N) is 3. The number of H-pyrrole nitrogens is 1. The van der Waals surface area contributed by atoms with Crippen molar-refractivity contribution in [1.82, 2.24) is 15.0 Å². The van der Waals surface area contributed by atoms with Crippen LogP contribution in [0, 0.1) is 0 Å². The van der Waals surface area contributed by atoms with E-state index in [1.807, 2.05) is 12.1 Å². The Balaban J connectivity index is 1.89. The molecule has 2 aromatic heterocycles. The number of benzene rings is 1. The summed E-state index contributed by atoms with van der Waals surface area (Å²) in [6, 6.07) is 6.12. The molecule has 0 amide bonds. The Morgan fingerprint density at radius 3 is 3.21 bits per heavy atom. The first-order valence-electron chi connectivity index (χ1n) is 5.95. The fraction of sp³-hybridized carbons (Fsp3) is 0.154. The van der Waals surface area contributed by atoms with Crippen LogP contribution in [0.25, 0.3) is 10.2 Å². The quantitative estimate of drug-likeness (QED) is 0.744. The molecular weight excluding hydrogens is 324 g/mol. The van der Waals surface area contributed by atoms with Gasteiger partial charge in [-0.3, -0.25) is 4.99 Å². The highest BCUT2D eigenvalue weighted by atomic mass is 79.9. The van der Waals surface area contributed by atoms with Gasteiger partial charge in [-0.05, 0) is 18.2 Å². The van der Waals surface area contributed by atoms with Crippen LogP contribution < -0.4 is 0 Å². The van der Waals surface area contributed by atoms with Crippen LogP contribution in [0.3, 0.4) is 0 Å². The van der Waals surface area contributed by atoms with Gasteiger partial charge in [0, 0.05) is 23.1 Å². The van der Waals surface area contributed by atoms with Crippen molar-refractivity contribution in [1.29, 1.82) is 0 Å². The first-order valence-corrected chi connectivity index (χ1v) is 7.56. The number of hydrogen-bond acceptors (Lipinski definition) is 4. The average Bonchev–Trinajstić information content (AvgIpc) is 3.03. The second kappa shape index (κ2) is 4.25. The van der Waals surface area contributed by atoms with Crippen molar-refractivity contribution in [2.45, 2.75) is 6.42 Å². The van der Waals surface area contributed by atoms with Crippen LogP contribution in [0.15, 0.2) is 34.0 Å². The van der Waals surface area contributed by atoms with Gasteiger partial charge in [-0.2, -0.15) is 0 Å². The monoisotopic (exact) mass is 332 g/mol. The van der Waals surface area contributed by atoms with Crippen molar-refractivity contribution in [3.63, 3.8) is 0 Å². The molecule has 1 aliphatic rings. The van der Waals surface area contributed by atoms with E-state index in [9.17, 15) is 0 Å². The number of halogens is 1. The molecule has 0 aliphatic carbocycles. The maximum atomic E-state index is 4.67. The second-order valence-electron chi connectivity index (χ2n) is 4.34. The average molecular weight is 333 g/mol. The third kappa shape index (κ3) is 1.82. The Labute approximate surface area is 121 Å². The van der Waals surface area contributed by atoms with E-state index in [1.165, 1.54) is 0 Å². The van der Waals surface area contributed by atoms with E-state index < -0.39 is 0 Å². The number of rotatable bonds is 1. The lowest BCUT2D eigenvalue weighted by atomic mass is 10.1. The molecule has 0 unspecified atom stereocenters. The SMILES string of the molecule is Brc1ccc2nc(C3=NCCc4[nH]cnc43)sc2c1. The molecule has 0 bridgehead atoms. The highest BCUT2D eigenvalue weighted by Gasteiger charge is 2.21. The van der Waals surface area contributed by atoms with Crippen LogP contribution in [0.2, 0.25) is 0 Å². The van der Waals surface area contributed by atoms with Gasteiger partial charge in [0.2, 0.25) is 0 Å². The Morgan fingerprint density at radius 2 is 2.26 bits per heavy atom. The molecule has 1 aliphatic heterocycles. The topological polar surface area (TPSA) is 53.9 Å². The van der Waals surface area contributed by atoms with Gasteiger partial charge in [0.1, 0.15) is 16.4 Å². The van der Waals surface area contributed by atoms with Crippen molar-refractivity contribution < 1.29 is 0 Å². The standard InChI is InChI=1S/C13H9BrN4S/c14-7-1-2-8-10(5-7)19-13(18-8)12-11-9(3-4-15-12)16-6-17-11/h1-2,5-6H,3-4H2,(H,16,17). The number of hydrogen-bond donors (Lipinski definition) is 1. The zero-order valence-electron chi connectivity index (χ0n) is 9.85. The Kier molecular flexibility index (Phi) is 2.53. The summed E-state index contributed by atoms with van der Waals surface area (Å²) in [6.45, 7) is 0.796. The predicted octanol–water partition coefficient (Wildman–Crippen LogP) is 3.18. The Hall–Kier alpha value is -1.53. The number of imidazole rings is 1. The minimum absolute atomic E-state index is 0.796. The zero-order chi connectivity index (χ0) is 12.8. The molecule has 0 saturated heterocycles. The highest BCUT2D eigenvalue weighted by molar-refractivity contribution is 9.10. The van der Waals surface area contributed by atoms with Crippen LogP contribution in [0.1, 0.15) is 16.4 Å². The summed E-state index contributed by atoms with van der Waals surface area (Å²) in [5.41, 5.74) is 4.03. The van der Waals surface area contributed by atoms with E-state index >= 15 is 0 Å².